The largest absolute Gasteiger partial charge is 0.490 e. The van der Waals surface area contributed by atoms with Gasteiger partial charge in [0.2, 0.25) is 5.82 Å². The van der Waals surface area contributed by atoms with Crippen LogP contribution in [0.5, 0.6) is 0 Å². The fourth-order valence-electron chi connectivity index (χ4n) is 3.59. The minimum absolute atomic E-state index is 0.420. The smallest absolute Gasteiger partial charge is 0.475 e. The van der Waals surface area contributed by atoms with E-state index in [-0.39, 0.29) is 0 Å². The summed E-state index contributed by atoms with van der Waals surface area (Å²) in [6.45, 7) is 3.74. The Morgan fingerprint density at radius 1 is 1.32 bits per heavy atom. The molecule has 1 aliphatic heterocycles. The van der Waals surface area contributed by atoms with Crippen LogP contribution in [0.15, 0.2) is 35.1 Å². The van der Waals surface area contributed by atoms with Gasteiger partial charge < -0.3 is 19.5 Å². The van der Waals surface area contributed by atoms with Crippen molar-refractivity contribution in [2.24, 2.45) is 7.05 Å². The van der Waals surface area contributed by atoms with E-state index < -0.39 is 12.1 Å². The topological polar surface area (TPSA) is 135 Å². The Bertz CT molecular complexity index is 1320. The first-order chi connectivity index (χ1) is 16.1. The molecule has 0 bridgehead atoms. The third-order valence-electron chi connectivity index (χ3n) is 5.24. The molecule has 0 saturated heterocycles. The number of pyridine rings is 1. The molecule has 0 fully saturated rings. The Labute approximate surface area is 190 Å². The zero-order valence-corrected chi connectivity index (χ0v) is 18.1. The van der Waals surface area contributed by atoms with Gasteiger partial charge in [0.05, 0.1) is 5.69 Å². The number of H-pyrrole nitrogens is 1. The molecule has 0 radical (unpaired) electrons. The monoisotopic (exact) mass is 475 g/mol. The molecule has 0 amide bonds. The molecular weight excluding hydrogens is 455 g/mol. The van der Waals surface area contributed by atoms with Gasteiger partial charge in [0.15, 0.2) is 0 Å². The van der Waals surface area contributed by atoms with Crippen LogP contribution in [0.3, 0.4) is 0 Å². The van der Waals surface area contributed by atoms with E-state index >= 15 is 0 Å². The molecule has 5 rings (SSSR count). The summed E-state index contributed by atoms with van der Waals surface area (Å²) in [5.74, 6) is -1.76. The summed E-state index contributed by atoms with van der Waals surface area (Å²) in [6, 6.07) is 5.91. The molecule has 4 aromatic heterocycles. The number of carboxylic acids is 1. The number of nitrogens with zero attached hydrogens (tertiary/aromatic N) is 5. The van der Waals surface area contributed by atoms with Crippen LogP contribution < -0.4 is 5.32 Å². The molecular formula is C21H20F3N7O3. The molecule has 5 heterocycles. The van der Waals surface area contributed by atoms with Gasteiger partial charge in [0.1, 0.15) is 11.4 Å². The summed E-state index contributed by atoms with van der Waals surface area (Å²) >= 11 is 0. The van der Waals surface area contributed by atoms with E-state index in [9.17, 15) is 13.2 Å². The number of aliphatic carboxylic acids is 1. The number of carboxylic acid groups (broad SMARTS) is 1. The van der Waals surface area contributed by atoms with E-state index in [4.69, 9.17) is 14.4 Å². The van der Waals surface area contributed by atoms with Crippen molar-refractivity contribution in [1.82, 2.24) is 35.2 Å². The van der Waals surface area contributed by atoms with E-state index in [0.29, 0.717) is 17.4 Å². The normalized spacial score (nSPS) is 13.2. The Morgan fingerprint density at radius 3 is 2.76 bits per heavy atom. The summed E-state index contributed by atoms with van der Waals surface area (Å²) < 4.78 is 39.3. The number of nitrogens with one attached hydrogen (secondary N) is 2. The fraction of sp³-hybridized carbons (Fsp3) is 0.286. The Kier molecular flexibility index (Phi) is 6.20. The van der Waals surface area contributed by atoms with Gasteiger partial charge in [-0.05, 0) is 49.2 Å². The van der Waals surface area contributed by atoms with Crippen molar-refractivity contribution in [2.75, 3.05) is 6.54 Å². The predicted octanol–water partition coefficient (Wildman–Crippen LogP) is 3.11. The summed E-state index contributed by atoms with van der Waals surface area (Å²) in [5, 5.41) is 22.1. The number of hydrogen-bond acceptors (Lipinski definition) is 7. The first kappa shape index (κ1) is 23.2. The van der Waals surface area contributed by atoms with Crippen LogP contribution in [0.25, 0.3) is 34.4 Å². The summed E-state index contributed by atoms with van der Waals surface area (Å²) in [6.07, 6.45) is -0.236. The van der Waals surface area contributed by atoms with Gasteiger partial charge in [-0.2, -0.15) is 23.3 Å². The number of aromatic amines is 1. The second-order valence-corrected chi connectivity index (χ2v) is 7.55. The minimum Gasteiger partial charge on any atom is -0.475 e. The predicted molar refractivity (Wildman–Crippen MR) is 113 cm³/mol. The zero-order valence-electron chi connectivity index (χ0n) is 18.1. The molecule has 0 aliphatic carbocycles. The number of carbonyl (C=O) groups is 1. The molecule has 3 N–H and O–H groups in total. The Balaban J connectivity index is 0.000000344. The average molecular weight is 475 g/mol. The van der Waals surface area contributed by atoms with Gasteiger partial charge in [-0.15, -0.1) is 0 Å². The SMILES string of the molecule is Cc1ncc2c(c1-c1noc(-c3cc(-c4cccn4C)n[nH]3)n1)CCNC2.O=C(O)C(F)(F)F. The van der Waals surface area contributed by atoms with Gasteiger partial charge in [-0.3, -0.25) is 10.1 Å². The van der Waals surface area contributed by atoms with Gasteiger partial charge in [-0.1, -0.05) is 5.16 Å². The Hall–Kier alpha value is -4.00. The minimum atomic E-state index is -5.08. The van der Waals surface area contributed by atoms with E-state index in [1.165, 1.54) is 11.1 Å². The van der Waals surface area contributed by atoms with Crippen LogP contribution >= 0.6 is 0 Å². The zero-order chi connectivity index (χ0) is 24.5. The summed E-state index contributed by atoms with van der Waals surface area (Å²) in [7, 11) is 1.98. The van der Waals surface area contributed by atoms with Crippen LogP contribution in [0.4, 0.5) is 13.2 Å². The summed E-state index contributed by atoms with van der Waals surface area (Å²) in [5.41, 5.74) is 6.88. The highest BCUT2D eigenvalue weighted by Gasteiger charge is 2.38. The lowest BCUT2D eigenvalue weighted by Gasteiger charge is -2.19. The lowest BCUT2D eigenvalue weighted by molar-refractivity contribution is -0.192. The molecule has 178 valence electrons. The van der Waals surface area contributed by atoms with Gasteiger partial charge in [0.25, 0.3) is 5.89 Å². The second kappa shape index (κ2) is 9.09. The Morgan fingerprint density at radius 2 is 2.09 bits per heavy atom. The number of halogens is 3. The van der Waals surface area contributed by atoms with Gasteiger partial charge in [0, 0.05) is 37.2 Å². The van der Waals surface area contributed by atoms with Crippen molar-refractivity contribution in [3.05, 3.63) is 47.4 Å². The molecule has 0 aromatic carbocycles. The molecule has 1 aliphatic rings. The van der Waals surface area contributed by atoms with Crippen molar-refractivity contribution in [3.63, 3.8) is 0 Å². The standard InChI is InChI=1S/C19H19N7O.C2HF3O2/c1-11-17(13-5-6-20-9-12(13)10-21-11)18-22-19(27-25-18)15-8-14(23-24-15)16-4-3-7-26(16)2;3-2(4,5)1(6)7/h3-4,7-8,10,20H,5-6,9H2,1-2H3,(H,23,24);(H,6,7). The van der Waals surface area contributed by atoms with E-state index in [1.54, 1.807) is 0 Å². The van der Waals surface area contributed by atoms with Crippen LogP contribution in [0.1, 0.15) is 16.8 Å². The lowest BCUT2D eigenvalue weighted by Crippen LogP contribution is -2.24. The third kappa shape index (κ3) is 4.69. The van der Waals surface area contributed by atoms with Gasteiger partial charge >= 0.3 is 12.1 Å². The number of alkyl halides is 3. The average Bonchev–Trinajstić information content (AvgIpc) is 3.53. The quantitative estimate of drug-likeness (QED) is 0.411. The van der Waals surface area contributed by atoms with Gasteiger partial charge in [-0.25, -0.2) is 4.79 Å². The second-order valence-electron chi connectivity index (χ2n) is 7.55. The van der Waals surface area contributed by atoms with Crippen LogP contribution in [0, 0.1) is 6.92 Å². The van der Waals surface area contributed by atoms with Crippen molar-refractivity contribution < 1.29 is 27.6 Å². The number of aromatic nitrogens is 6. The van der Waals surface area contributed by atoms with Crippen molar-refractivity contribution >= 4 is 5.97 Å². The molecule has 0 atom stereocenters. The molecule has 13 heteroatoms. The number of rotatable bonds is 3. The number of fused-ring (bicyclic) bond motifs is 1. The molecule has 0 spiro atoms. The van der Waals surface area contributed by atoms with E-state index in [0.717, 1.165) is 42.2 Å². The summed E-state index contributed by atoms with van der Waals surface area (Å²) in [4.78, 5) is 18.0. The van der Waals surface area contributed by atoms with Crippen molar-refractivity contribution in [1.29, 1.82) is 0 Å². The lowest BCUT2D eigenvalue weighted by atomic mass is 9.95. The maximum absolute atomic E-state index is 10.6. The van der Waals surface area contributed by atoms with Crippen molar-refractivity contribution in [3.8, 4) is 34.4 Å². The first-order valence-electron chi connectivity index (χ1n) is 10.1. The maximum Gasteiger partial charge on any atom is 0.490 e. The van der Waals surface area contributed by atoms with Crippen LogP contribution in [-0.2, 0) is 24.8 Å². The molecule has 10 nitrogen and oxygen atoms in total. The molecule has 34 heavy (non-hydrogen) atoms. The molecule has 4 aromatic rings. The van der Waals surface area contributed by atoms with E-state index in [2.05, 4.69) is 30.6 Å². The number of aryl methyl sites for hydroxylation is 2. The highest BCUT2D eigenvalue weighted by Crippen LogP contribution is 2.30. The first-order valence-corrected chi connectivity index (χ1v) is 10.1. The van der Waals surface area contributed by atoms with Crippen LogP contribution in [-0.4, -0.2) is 53.7 Å². The highest BCUT2D eigenvalue weighted by molar-refractivity contribution is 5.73. The van der Waals surface area contributed by atoms with E-state index in [1.807, 2.05) is 49.1 Å². The highest BCUT2D eigenvalue weighted by atomic mass is 19.4. The number of hydrogen-bond donors (Lipinski definition) is 3. The molecule has 0 unspecified atom stereocenters. The molecule has 0 saturated carbocycles. The maximum atomic E-state index is 10.6. The van der Waals surface area contributed by atoms with Crippen molar-refractivity contribution in [2.45, 2.75) is 26.1 Å². The third-order valence-corrected chi connectivity index (χ3v) is 5.24. The van der Waals surface area contributed by atoms with Crippen LogP contribution in [0.2, 0.25) is 0 Å². The fourth-order valence-corrected chi connectivity index (χ4v) is 3.59.